The summed E-state index contributed by atoms with van der Waals surface area (Å²) in [7, 11) is 0. The monoisotopic (exact) mass is 226 g/mol. The molecule has 1 rings (SSSR count). The van der Waals surface area contributed by atoms with Gasteiger partial charge in [0, 0.05) is 12.6 Å². The molecule has 0 atom stereocenters. The van der Waals surface area contributed by atoms with E-state index in [9.17, 15) is 0 Å². The van der Waals surface area contributed by atoms with Crippen LogP contribution in [-0.2, 0) is 0 Å². The number of nitriles is 1. The van der Waals surface area contributed by atoms with Gasteiger partial charge in [0.25, 0.3) is 0 Å². The van der Waals surface area contributed by atoms with E-state index in [0.29, 0.717) is 24.1 Å². The van der Waals surface area contributed by atoms with Crippen molar-refractivity contribution < 1.29 is 0 Å². The zero-order valence-electron chi connectivity index (χ0n) is 8.91. The van der Waals surface area contributed by atoms with Crippen molar-refractivity contribution in [3.05, 3.63) is 0 Å². The van der Waals surface area contributed by atoms with E-state index in [0.717, 1.165) is 0 Å². The third-order valence-corrected chi connectivity index (χ3v) is 3.01. The minimum Gasteiger partial charge on any atom is -0.359 e. The number of hydrogen-bond donors (Lipinski definition) is 2. The third kappa shape index (κ3) is 4.45. The molecule has 0 aliphatic heterocycles. The number of nitrogens with two attached hydrogens (primary N) is 1. The second-order valence-electron chi connectivity index (χ2n) is 3.89. The lowest BCUT2D eigenvalue weighted by molar-refractivity contribution is 0.381. The van der Waals surface area contributed by atoms with Crippen molar-refractivity contribution in [2.75, 3.05) is 6.54 Å². The Morgan fingerprint density at radius 2 is 2.13 bits per heavy atom. The Balaban J connectivity index is 2.24. The number of hydrogen-bond acceptors (Lipinski definition) is 3. The Hall–Kier alpha value is -0.860. The molecule has 0 bridgehead atoms. The van der Waals surface area contributed by atoms with Gasteiger partial charge >= 0.3 is 0 Å². The van der Waals surface area contributed by atoms with Gasteiger partial charge < -0.3 is 5.32 Å². The molecule has 0 spiro atoms. The topological polar surface area (TPSA) is 65.1 Å². The molecule has 5 heteroatoms. The summed E-state index contributed by atoms with van der Waals surface area (Å²) in [5.41, 5.74) is 0. The Morgan fingerprint density at radius 1 is 1.47 bits per heavy atom. The smallest absolute Gasteiger partial charge is 0.183 e. The van der Waals surface area contributed by atoms with Crippen molar-refractivity contribution in [3.8, 4) is 6.07 Å². The van der Waals surface area contributed by atoms with Crippen LogP contribution in [0.3, 0.4) is 0 Å². The maximum Gasteiger partial charge on any atom is 0.183 e. The molecule has 0 saturated heterocycles. The van der Waals surface area contributed by atoms with Crippen molar-refractivity contribution in [1.82, 2.24) is 10.3 Å². The molecule has 0 amide bonds. The molecule has 15 heavy (non-hydrogen) atoms. The molecule has 4 nitrogen and oxygen atoms in total. The van der Waals surface area contributed by atoms with Gasteiger partial charge in [-0.05, 0) is 25.1 Å². The van der Waals surface area contributed by atoms with Gasteiger partial charge in [-0.15, -0.1) is 0 Å². The Bertz CT molecular complexity index is 242. The quantitative estimate of drug-likeness (QED) is 0.431. The second-order valence-corrected chi connectivity index (χ2v) is 4.27. The van der Waals surface area contributed by atoms with Crippen LogP contribution in [0, 0.1) is 11.3 Å². The van der Waals surface area contributed by atoms with Crippen LogP contribution in [0.15, 0.2) is 0 Å². The predicted molar refractivity (Wildman–Crippen MR) is 63.7 cm³/mol. The Kier molecular flexibility index (Phi) is 5.37. The highest BCUT2D eigenvalue weighted by Gasteiger charge is 2.15. The van der Waals surface area contributed by atoms with E-state index >= 15 is 0 Å². The van der Waals surface area contributed by atoms with Crippen molar-refractivity contribution in [3.63, 3.8) is 0 Å². The maximum absolute atomic E-state index is 8.42. The Morgan fingerprint density at radius 3 is 2.73 bits per heavy atom. The molecule has 0 heterocycles. The largest absolute Gasteiger partial charge is 0.359 e. The zero-order valence-corrected chi connectivity index (χ0v) is 9.72. The summed E-state index contributed by atoms with van der Waals surface area (Å²) >= 11 is 5.15. The van der Waals surface area contributed by atoms with Gasteiger partial charge in [-0.3, -0.25) is 5.01 Å². The summed E-state index contributed by atoms with van der Waals surface area (Å²) in [6.45, 7) is 0.495. The molecule has 1 aliphatic carbocycles. The number of hydrazine groups is 1. The molecule has 1 fully saturated rings. The van der Waals surface area contributed by atoms with Gasteiger partial charge in [-0.25, -0.2) is 5.84 Å². The van der Waals surface area contributed by atoms with Crippen molar-refractivity contribution in [1.29, 1.82) is 5.26 Å². The van der Waals surface area contributed by atoms with Crippen molar-refractivity contribution in [2.45, 2.75) is 44.6 Å². The van der Waals surface area contributed by atoms with Crippen LogP contribution in [0.1, 0.15) is 38.5 Å². The summed E-state index contributed by atoms with van der Waals surface area (Å²) in [4.78, 5) is 0. The molecule has 1 saturated carbocycles. The lowest BCUT2D eigenvalue weighted by atomic mass is 9.96. The van der Waals surface area contributed by atoms with E-state index in [1.807, 2.05) is 6.07 Å². The van der Waals surface area contributed by atoms with E-state index in [1.54, 1.807) is 0 Å². The fourth-order valence-corrected chi connectivity index (χ4v) is 2.03. The molecule has 0 radical (unpaired) electrons. The molecule has 3 N–H and O–H groups in total. The van der Waals surface area contributed by atoms with Crippen molar-refractivity contribution >= 4 is 17.3 Å². The number of thiocarbonyl (C=S) groups is 1. The van der Waals surface area contributed by atoms with Gasteiger partial charge in [-0.1, -0.05) is 19.3 Å². The van der Waals surface area contributed by atoms with Crippen LogP contribution in [0.25, 0.3) is 0 Å². The molecule has 84 valence electrons. The fraction of sp³-hybridized carbons (Fsp3) is 0.800. The van der Waals surface area contributed by atoms with Gasteiger partial charge in [0.2, 0.25) is 0 Å². The highest BCUT2D eigenvalue weighted by Crippen LogP contribution is 2.17. The van der Waals surface area contributed by atoms with Gasteiger partial charge in [-0.2, -0.15) is 5.26 Å². The Labute approximate surface area is 96.4 Å². The summed E-state index contributed by atoms with van der Waals surface area (Å²) in [5, 5.41) is 13.7. The molecule has 0 aromatic carbocycles. The first-order valence-corrected chi connectivity index (χ1v) is 5.84. The SMILES string of the molecule is N#CCCN(N)C(=S)NC1CCCCC1. The van der Waals surface area contributed by atoms with E-state index in [4.69, 9.17) is 23.3 Å². The highest BCUT2D eigenvalue weighted by molar-refractivity contribution is 7.80. The van der Waals surface area contributed by atoms with E-state index in [-0.39, 0.29) is 0 Å². The lowest BCUT2D eigenvalue weighted by Crippen LogP contribution is -2.48. The fourth-order valence-electron chi connectivity index (χ4n) is 1.78. The standard InChI is InChI=1S/C10H18N4S/c11-7-4-8-14(12)10(15)13-9-5-2-1-3-6-9/h9H,1-6,8,12H2,(H,13,15). The first kappa shape index (κ1) is 12.2. The average molecular weight is 226 g/mol. The number of nitrogens with one attached hydrogen (secondary N) is 1. The predicted octanol–water partition coefficient (Wildman–Crippen LogP) is 1.28. The van der Waals surface area contributed by atoms with E-state index < -0.39 is 0 Å². The highest BCUT2D eigenvalue weighted by atomic mass is 32.1. The first-order valence-electron chi connectivity index (χ1n) is 5.43. The van der Waals surface area contributed by atoms with Crippen molar-refractivity contribution in [2.24, 2.45) is 5.84 Å². The molecule has 0 aromatic heterocycles. The normalized spacial score (nSPS) is 16.8. The van der Waals surface area contributed by atoms with Crippen LogP contribution in [0.5, 0.6) is 0 Å². The molecule has 0 unspecified atom stereocenters. The lowest BCUT2D eigenvalue weighted by Gasteiger charge is -2.27. The molecular formula is C10H18N4S. The van der Waals surface area contributed by atoms with Crippen LogP contribution in [0.2, 0.25) is 0 Å². The van der Waals surface area contributed by atoms with Crippen LogP contribution < -0.4 is 11.2 Å². The minimum atomic E-state index is 0.406. The summed E-state index contributed by atoms with van der Waals surface area (Å²) in [6, 6.07) is 2.52. The van der Waals surface area contributed by atoms with E-state index in [2.05, 4.69) is 5.32 Å². The van der Waals surface area contributed by atoms with Gasteiger partial charge in [0.05, 0.1) is 12.5 Å². The zero-order chi connectivity index (χ0) is 11.1. The minimum absolute atomic E-state index is 0.406. The maximum atomic E-state index is 8.42. The second kappa shape index (κ2) is 6.59. The molecular weight excluding hydrogens is 208 g/mol. The summed E-state index contributed by atoms with van der Waals surface area (Å²) in [5.74, 6) is 5.70. The van der Waals surface area contributed by atoms with Gasteiger partial charge in [0.15, 0.2) is 5.11 Å². The number of rotatable bonds is 3. The summed E-state index contributed by atoms with van der Waals surface area (Å²) < 4.78 is 0. The van der Waals surface area contributed by atoms with Gasteiger partial charge in [0.1, 0.15) is 0 Å². The van der Waals surface area contributed by atoms with Crippen LogP contribution in [-0.4, -0.2) is 22.7 Å². The molecule has 0 aromatic rings. The summed E-state index contributed by atoms with van der Waals surface area (Å²) in [6.07, 6.45) is 6.61. The van der Waals surface area contributed by atoms with E-state index in [1.165, 1.54) is 37.1 Å². The van der Waals surface area contributed by atoms with Crippen LogP contribution >= 0.6 is 12.2 Å². The molecule has 1 aliphatic rings. The van der Waals surface area contributed by atoms with Crippen LogP contribution in [0.4, 0.5) is 0 Å². The number of nitrogens with zero attached hydrogens (tertiary/aromatic N) is 2. The third-order valence-electron chi connectivity index (χ3n) is 2.66. The first-order chi connectivity index (χ1) is 7.24. The average Bonchev–Trinajstić information content (AvgIpc) is 2.27.